The Kier molecular flexibility index (Phi) is 12.0. The van der Waals surface area contributed by atoms with Crippen molar-refractivity contribution in [3.8, 4) is 5.75 Å². The Balaban J connectivity index is 1.53. The van der Waals surface area contributed by atoms with E-state index in [0.717, 1.165) is 42.4 Å². The van der Waals surface area contributed by atoms with E-state index in [2.05, 4.69) is 13.8 Å². The average molecular weight is 660 g/mol. The second-order valence-electron chi connectivity index (χ2n) is 12.4. The molecule has 1 N–H and O–H groups in total. The van der Waals surface area contributed by atoms with Gasteiger partial charge in [-0.05, 0) is 60.2 Å². The number of carboxylic acids is 1. The number of amides is 1. The van der Waals surface area contributed by atoms with Crippen LogP contribution >= 0.6 is 0 Å². The van der Waals surface area contributed by atoms with Gasteiger partial charge < -0.3 is 14.7 Å². The lowest BCUT2D eigenvalue weighted by Crippen LogP contribution is -2.31. The Bertz CT molecular complexity index is 1940. The van der Waals surface area contributed by atoms with Crippen molar-refractivity contribution in [1.82, 2.24) is 9.55 Å². The molecule has 254 valence electrons. The highest BCUT2D eigenvalue weighted by Gasteiger charge is 2.23. The zero-order valence-corrected chi connectivity index (χ0v) is 28.6. The number of hydrogen-bond acceptors (Lipinski definition) is 5. The molecular weight excluding hydrogens is 614 g/mol. The van der Waals surface area contributed by atoms with Crippen molar-refractivity contribution < 1.29 is 19.4 Å². The summed E-state index contributed by atoms with van der Waals surface area (Å²) in [7, 11) is 0. The summed E-state index contributed by atoms with van der Waals surface area (Å²) in [6.07, 6.45) is 4.00. The van der Waals surface area contributed by atoms with Gasteiger partial charge in [0.2, 0.25) is 12.0 Å². The number of hydrogen-bond donors (Lipinski definition) is 1. The molecule has 0 saturated heterocycles. The number of rotatable bonds is 16. The fourth-order valence-corrected chi connectivity index (χ4v) is 6.06. The van der Waals surface area contributed by atoms with Crippen molar-refractivity contribution in [3.05, 3.63) is 135 Å². The summed E-state index contributed by atoms with van der Waals surface area (Å²) in [4.78, 5) is 46.6. The summed E-state index contributed by atoms with van der Waals surface area (Å²) in [5.41, 5.74) is 4.46. The molecule has 8 heteroatoms. The average Bonchev–Trinajstić information content (AvgIpc) is 3.11. The number of unbranched alkanes of at least 4 members (excludes halogenated alkanes) is 1. The van der Waals surface area contributed by atoms with Crippen LogP contribution in [0.4, 0.5) is 5.69 Å². The van der Waals surface area contributed by atoms with E-state index < -0.39 is 12.1 Å². The molecule has 0 aliphatic carbocycles. The molecule has 1 atom stereocenters. The minimum Gasteiger partial charge on any atom is -0.478 e. The van der Waals surface area contributed by atoms with Crippen LogP contribution in [0.25, 0.3) is 10.9 Å². The number of nitrogens with zero attached hydrogens (tertiary/aromatic N) is 3. The molecule has 0 radical (unpaired) electrons. The normalized spacial score (nSPS) is 11.7. The van der Waals surface area contributed by atoms with E-state index in [0.29, 0.717) is 66.1 Å². The number of carboxylic acid groups (broad SMARTS) is 1. The molecule has 1 aromatic heterocycles. The molecule has 0 spiro atoms. The van der Waals surface area contributed by atoms with E-state index in [9.17, 15) is 19.5 Å². The van der Waals surface area contributed by atoms with Crippen LogP contribution in [-0.2, 0) is 35.5 Å². The summed E-state index contributed by atoms with van der Waals surface area (Å²) in [5.74, 6) is 0.159. The van der Waals surface area contributed by atoms with Crippen LogP contribution in [0, 0.1) is 0 Å². The molecule has 4 aromatic carbocycles. The molecule has 1 unspecified atom stereocenters. The lowest BCUT2D eigenvalue weighted by atomic mass is 10.0. The number of benzene rings is 4. The van der Waals surface area contributed by atoms with Crippen LogP contribution in [0.5, 0.6) is 5.75 Å². The third kappa shape index (κ3) is 8.62. The molecule has 1 heterocycles. The van der Waals surface area contributed by atoms with Crippen LogP contribution in [0.3, 0.4) is 0 Å². The zero-order chi connectivity index (χ0) is 34.8. The Morgan fingerprint density at radius 2 is 1.57 bits per heavy atom. The monoisotopic (exact) mass is 659 g/mol. The first-order chi connectivity index (χ1) is 23.8. The maximum absolute atomic E-state index is 14.3. The summed E-state index contributed by atoms with van der Waals surface area (Å²) < 4.78 is 7.85. The maximum Gasteiger partial charge on any atom is 0.349 e. The number of carbonyl (C=O) groups is 2. The minimum atomic E-state index is -1.14. The van der Waals surface area contributed by atoms with Gasteiger partial charge in [0.15, 0.2) is 0 Å². The second-order valence-corrected chi connectivity index (χ2v) is 12.4. The van der Waals surface area contributed by atoms with E-state index in [1.807, 2.05) is 73.7 Å². The highest BCUT2D eigenvalue weighted by Crippen LogP contribution is 2.29. The smallest absolute Gasteiger partial charge is 0.349 e. The van der Waals surface area contributed by atoms with Crippen LogP contribution in [-0.4, -0.2) is 26.5 Å². The molecule has 1 amide bonds. The third-order valence-corrected chi connectivity index (χ3v) is 8.59. The van der Waals surface area contributed by atoms with Crippen molar-refractivity contribution in [1.29, 1.82) is 0 Å². The van der Waals surface area contributed by atoms with Crippen molar-refractivity contribution in [2.24, 2.45) is 0 Å². The quantitative estimate of drug-likeness (QED) is 0.114. The van der Waals surface area contributed by atoms with Crippen molar-refractivity contribution >= 4 is 28.5 Å². The number of aryl methyl sites for hydroxylation is 2. The van der Waals surface area contributed by atoms with Crippen LogP contribution in [0.15, 0.2) is 102 Å². The molecule has 8 nitrogen and oxygen atoms in total. The van der Waals surface area contributed by atoms with Crippen LogP contribution < -0.4 is 15.2 Å². The summed E-state index contributed by atoms with van der Waals surface area (Å²) in [6, 6.07) is 30.0. The molecule has 5 aromatic rings. The van der Waals surface area contributed by atoms with Gasteiger partial charge in [-0.1, -0.05) is 106 Å². The number of fused-ring (bicyclic) bond motifs is 1. The summed E-state index contributed by atoms with van der Waals surface area (Å²) >= 11 is 0. The van der Waals surface area contributed by atoms with Crippen molar-refractivity contribution in [3.63, 3.8) is 0 Å². The predicted octanol–water partition coefficient (Wildman–Crippen LogP) is 8.28. The number of aliphatic carboxylic acids is 1. The topological polar surface area (TPSA) is 102 Å². The highest BCUT2D eigenvalue weighted by atomic mass is 16.5. The molecule has 49 heavy (non-hydrogen) atoms. The Morgan fingerprint density at radius 1 is 0.837 bits per heavy atom. The highest BCUT2D eigenvalue weighted by molar-refractivity contribution is 5.95. The van der Waals surface area contributed by atoms with Crippen molar-refractivity contribution in [2.75, 3.05) is 4.90 Å². The van der Waals surface area contributed by atoms with Crippen LogP contribution in [0.1, 0.15) is 87.1 Å². The number of anilines is 1. The molecule has 0 aliphatic heterocycles. The second kappa shape index (κ2) is 16.7. The van der Waals surface area contributed by atoms with Gasteiger partial charge in [-0.25, -0.2) is 9.78 Å². The third-order valence-electron chi connectivity index (χ3n) is 8.59. The van der Waals surface area contributed by atoms with Gasteiger partial charge in [0.05, 0.1) is 24.0 Å². The largest absolute Gasteiger partial charge is 0.478 e. The predicted molar refractivity (Wildman–Crippen MR) is 194 cm³/mol. The van der Waals surface area contributed by atoms with Gasteiger partial charge in [-0.15, -0.1) is 0 Å². The first kappa shape index (κ1) is 35.1. The SMILES string of the molecule is CCCCc1nc2ccc(N(Cc3ccccc3)C(=O)CCC)cc2c(=O)n1Cc1ccc(OC(C(=O)O)c2ccccc2)c(CCC)c1. The summed E-state index contributed by atoms with van der Waals surface area (Å²) in [5, 5.41) is 10.4. The minimum absolute atomic E-state index is 0.00159. The van der Waals surface area contributed by atoms with Crippen LogP contribution in [0.2, 0.25) is 0 Å². The fraction of sp³-hybridized carbons (Fsp3) is 0.317. The first-order valence-electron chi connectivity index (χ1n) is 17.3. The number of carbonyl (C=O) groups excluding carboxylic acids is 1. The van der Waals surface area contributed by atoms with E-state index in [-0.39, 0.29) is 11.5 Å². The van der Waals surface area contributed by atoms with E-state index in [4.69, 9.17) is 9.72 Å². The van der Waals surface area contributed by atoms with Gasteiger partial charge in [0.25, 0.3) is 5.56 Å². The fourth-order valence-electron chi connectivity index (χ4n) is 6.06. The molecule has 0 fully saturated rings. The van der Waals surface area contributed by atoms with Gasteiger partial charge in [-0.2, -0.15) is 0 Å². The van der Waals surface area contributed by atoms with E-state index in [1.165, 1.54) is 0 Å². The van der Waals surface area contributed by atoms with E-state index >= 15 is 0 Å². The Morgan fingerprint density at radius 3 is 2.24 bits per heavy atom. The molecule has 0 saturated carbocycles. The van der Waals surface area contributed by atoms with Gasteiger partial charge in [0.1, 0.15) is 11.6 Å². The molecular formula is C41H45N3O5. The zero-order valence-electron chi connectivity index (χ0n) is 28.6. The molecule has 0 bridgehead atoms. The first-order valence-corrected chi connectivity index (χ1v) is 17.3. The van der Waals surface area contributed by atoms with Gasteiger partial charge in [0, 0.05) is 24.1 Å². The number of aromatic nitrogens is 2. The standard InChI is InChI=1S/C41H45N3O5/c1-4-7-20-37-42-35-23-22-33(43(38(45)15-6-3)27-29-16-10-8-11-17-29)26-34(35)40(46)44(37)28-30-21-24-36(32(25-30)14-5-2)49-39(41(47)48)31-18-12-9-13-19-31/h8-13,16-19,21-26,39H,4-7,14-15,20,27-28H2,1-3H3,(H,47,48). The molecule has 5 rings (SSSR count). The Hall–Kier alpha value is -5.24. The number of ether oxygens (including phenoxy) is 1. The maximum atomic E-state index is 14.3. The van der Waals surface area contributed by atoms with Gasteiger partial charge >= 0.3 is 5.97 Å². The van der Waals surface area contributed by atoms with E-state index in [1.54, 1.807) is 39.8 Å². The van der Waals surface area contributed by atoms with Crippen molar-refractivity contribution in [2.45, 2.75) is 84.9 Å². The lowest BCUT2D eigenvalue weighted by molar-refractivity contribution is -0.145. The Labute approximate surface area is 288 Å². The molecule has 0 aliphatic rings. The summed E-state index contributed by atoms with van der Waals surface area (Å²) in [6.45, 7) is 6.86. The lowest BCUT2D eigenvalue weighted by Gasteiger charge is -2.24. The van der Waals surface area contributed by atoms with Gasteiger partial charge in [-0.3, -0.25) is 14.2 Å².